The molecule has 0 saturated heterocycles. The molecular weight excluding hydrogens is 211 g/mol. The zero-order chi connectivity index (χ0) is 12.1. The van der Waals surface area contributed by atoms with Crippen molar-refractivity contribution in [2.45, 2.75) is 19.5 Å². The highest BCUT2D eigenvalue weighted by Crippen LogP contribution is 2.19. The van der Waals surface area contributed by atoms with Crippen molar-refractivity contribution in [3.8, 4) is 0 Å². The van der Waals surface area contributed by atoms with E-state index in [1.165, 1.54) is 11.9 Å². The molecule has 0 saturated carbocycles. The SMILES string of the molecule is CC(=CC(=O)O)CN(C)CCC(F)(F)F. The summed E-state index contributed by atoms with van der Waals surface area (Å²) in [4.78, 5) is 11.7. The highest BCUT2D eigenvalue weighted by atomic mass is 19.4. The van der Waals surface area contributed by atoms with Crippen molar-refractivity contribution in [3.63, 3.8) is 0 Å². The van der Waals surface area contributed by atoms with E-state index in [-0.39, 0.29) is 13.1 Å². The number of alkyl halides is 3. The van der Waals surface area contributed by atoms with Crippen molar-refractivity contribution < 1.29 is 23.1 Å². The van der Waals surface area contributed by atoms with Gasteiger partial charge in [-0.1, -0.05) is 5.57 Å². The van der Waals surface area contributed by atoms with Crippen LogP contribution in [0.25, 0.3) is 0 Å². The average molecular weight is 225 g/mol. The summed E-state index contributed by atoms with van der Waals surface area (Å²) in [5, 5.41) is 8.38. The smallest absolute Gasteiger partial charge is 0.390 e. The number of hydrogen-bond acceptors (Lipinski definition) is 2. The van der Waals surface area contributed by atoms with Gasteiger partial charge in [-0.15, -0.1) is 0 Å². The lowest BCUT2D eigenvalue weighted by molar-refractivity contribution is -0.137. The van der Waals surface area contributed by atoms with Gasteiger partial charge >= 0.3 is 12.1 Å². The average Bonchev–Trinajstić information content (AvgIpc) is 1.97. The van der Waals surface area contributed by atoms with Gasteiger partial charge in [0.25, 0.3) is 0 Å². The molecular formula is C9H14F3NO2. The maximum Gasteiger partial charge on any atom is 0.390 e. The minimum Gasteiger partial charge on any atom is -0.478 e. The molecule has 88 valence electrons. The van der Waals surface area contributed by atoms with Crippen LogP contribution < -0.4 is 0 Å². The summed E-state index contributed by atoms with van der Waals surface area (Å²) in [6, 6.07) is 0. The quantitative estimate of drug-likeness (QED) is 0.726. The number of nitrogens with zero attached hydrogens (tertiary/aromatic N) is 1. The van der Waals surface area contributed by atoms with Gasteiger partial charge in [-0.05, 0) is 14.0 Å². The highest BCUT2D eigenvalue weighted by molar-refractivity contribution is 5.80. The largest absolute Gasteiger partial charge is 0.478 e. The fourth-order valence-corrected chi connectivity index (χ4v) is 1.08. The number of carbonyl (C=O) groups is 1. The number of halogens is 3. The summed E-state index contributed by atoms with van der Waals surface area (Å²) < 4.78 is 35.5. The van der Waals surface area contributed by atoms with Gasteiger partial charge in [-0.3, -0.25) is 0 Å². The predicted molar refractivity (Wildman–Crippen MR) is 49.6 cm³/mol. The molecule has 0 rings (SSSR count). The Bertz CT molecular complexity index is 248. The maximum absolute atomic E-state index is 11.8. The molecule has 1 N–H and O–H groups in total. The minimum absolute atomic E-state index is 0.131. The lowest BCUT2D eigenvalue weighted by Crippen LogP contribution is -2.26. The molecule has 0 aliphatic heterocycles. The number of rotatable bonds is 5. The third-order valence-corrected chi connectivity index (χ3v) is 1.67. The Hall–Kier alpha value is -1.04. The Morgan fingerprint density at radius 1 is 1.47 bits per heavy atom. The van der Waals surface area contributed by atoms with Crippen LogP contribution in [0, 0.1) is 0 Å². The molecule has 0 bridgehead atoms. The lowest BCUT2D eigenvalue weighted by Gasteiger charge is -2.17. The molecule has 0 heterocycles. The fraction of sp³-hybridized carbons (Fsp3) is 0.667. The zero-order valence-corrected chi connectivity index (χ0v) is 8.64. The van der Waals surface area contributed by atoms with E-state index in [2.05, 4.69) is 0 Å². The number of carboxylic acids is 1. The molecule has 3 nitrogen and oxygen atoms in total. The summed E-state index contributed by atoms with van der Waals surface area (Å²) >= 11 is 0. The zero-order valence-electron chi connectivity index (χ0n) is 8.64. The number of likely N-dealkylation sites (N-methyl/N-ethyl adjacent to an activating group) is 1. The standard InChI is InChI=1S/C9H14F3NO2/c1-7(5-8(14)15)6-13(2)4-3-9(10,11)12/h5H,3-4,6H2,1-2H3,(H,14,15). The Labute approximate surface area is 86.2 Å². The lowest BCUT2D eigenvalue weighted by atomic mass is 10.2. The molecule has 0 radical (unpaired) electrons. The van der Waals surface area contributed by atoms with Crippen LogP contribution in [0.4, 0.5) is 13.2 Å². The molecule has 0 aliphatic carbocycles. The molecule has 0 atom stereocenters. The van der Waals surface area contributed by atoms with Crippen molar-refractivity contribution in [1.29, 1.82) is 0 Å². The third kappa shape index (κ3) is 9.27. The van der Waals surface area contributed by atoms with Gasteiger partial charge in [0.05, 0.1) is 6.42 Å². The second kappa shape index (κ2) is 5.75. The predicted octanol–water partition coefficient (Wildman–Crippen LogP) is 1.90. The van der Waals surface area contributed by atoms with Gasteiger partial charge in [0.15, 0.2) is 0 Å². The summed E-state index contributed by atoms with van der Waals surface area (Å²) in [5.41, 5.74) is 0.521. The number of carboxylic acid groups (broad SMARTS) is 1. The summed E-state index contributed by atoms with van der Waals surface area (Å²) in [6.45, 7) is 1.66. The van der Waals surface area contributed by atoms with Crippen LogP contribution in [0.3, 0.4) is 0 Å². The Balaban J connectivity index is 3.94. The fourth-order valence-electron chi connectivity index (χ4n) is 1.08. The molecule has 0 aromatic carbocycles. The van der Waals surface area contributed by atoms with Gasteiger partial charge in [0.2, 0.25) is 0 Å². The molecule has 0 unspecified atom stereocenters. The van der Waals surface area contributed by atoms with Crippen molar-refractivity contribution in [2.75, 3.05) is 20.1 Å². The molecule has 0 amide bonds. The van der Waals surface area contributed by atoms with E-state index in [0.717, 1.165) is 6.08 Å². The molecule has 0 aromatic rings. The van der Waals surface area contributed by atoms with Crippen molar-refractivity contribution >= 4 is 5.97 Å². The van der Waals surface area contributed by atoms with Gasteiger partial charge < -0.3 is 10.0 Å². The molecule has 0 aromatic heterocycles. The minimum atomic E-state index is -4.17. The molecule has 0 fully saturated rings. The first-order chi connectivity index (χ1) is 6.70. The van der Waals surface area contributed by atoms with E-state index in [4.69, 9.17) is 5.11 Å². The summed E-state index contributed by atoms with van der Waals surface area (Å²) in [7, 11) is 1.52. The number of aliphatic carboxylic acids is 1. The van der Waals surface area contributed by atoms with Crippen molar-refractivity contribution in [1.82, 2.24) is 4.90 Å². The Morgan fingerprint density at radius 3 is 2.40 bits per heavy atom. The Morgan fingerprint density at radius 2 is 2.00 bits per heavy atom. The summed E-state index contributed by atoms with van der Waals surface area (Å²) in [6.07, 6.45) is -4.06. The molecule has 0 aliphatic rings. The van der Waals surface area contributed by atoms with Crippen molar-refractivity contribution in [2.24, 2.45) is 0 Å². The van der Waals surface area contributed by atoms with Crippen LogP contribution in [-0.4, -0.2) is 42.3 Å². The highest BCUT2D eigenvalue weighted by Gasteiger charge is 2.26. The number of hydrogen-bond donors (Lipinski definition) is 1. The van der Waals surface area contributed by atoms with Crippen molar-refractivity contribution in [3.05, 3.63) is 11.6 Å². The van der Waals surface area contributed by atoms with E-state index in [1.807, 2.05) is 0 Å². The van der Waals surface area contributed by atoms with E-state index >= 15 is 0 Å². The van der Waals surface area contributed by atoms with E-state index in [9.17, 15) is 18.0 Å². The van der Waals surface area contributed by atoms with Crippen LogP contribution in [0.15, 0.2) is 11.6 Å². The van der Waals surface area contributed by atoms with Crippen LogP contribution in [0.1, 0.15) is 13.3 Å². The summed E-state index contributed by atoms with van der Waals surface area (Å²) in [5.74, 6) is -1.09. The monoisotopic (exact) mass is 225 g/mol. The normalized spacial score (nSPS) is 13.3. The van der Waals surface area contributed by atoms with Gasteiger partial charge in [0, 0.05) is 19.2 Å². The van der Waals surface area contributed by atoms with Crippen LogP contribution in [0.2, 0.25) is 0 Å². The molecule has 6 heteroatoms. The first kappa shape index (κ1) is 14.0. The van der Waals surface area contributed by atoms with E-state index in [0.29, 0.717) is 5.57 Å². The van der Waals surface area contributed by atoms with Gasteiger partial charge in [-0.2, -0.15) is 13.2 Å². The van der Waals surface area contributed by atoms with Gasteiger partial charge in [0.1, 0.15) is 0 Å². The van der Waals surface area contributed by atoms with Crippen LogP contribution in [-0.2, 0) is 4.79 Å². The van der Waals surface area contributed by atoms with Gasteiger partial charge in [-0.25, -0.2) is 4.79 Å². The first-order valence-corrected chi connectivity index (χ1v) is 4.36. The molecule has 15 heavy (non-hydrogen) atoms. The first-order valence-electron chi connectivity index (χ1n) is 4.36. The maximum atomic E-state index is 11.8. The van der Waals surface area contributed by atoms with E-state index in [1.54, 1.807) is 6.92 Å². The van der Waals surface area contributed by atoms with Crippen LogP contribution in [0.5, 0.6) is 0 Å². The molecule has 0 spiro atoms. The second-order valence-corrected chi connectivity index (χ2v) is 3.43. The topological polar surface area (TPSA) is 40.5 Å². The van der Waals surface area contributed by atoms with E-state index < -0.39 is 18.6 Å². The second-order valence-electron chi connectivity index (χ2n) is 3.43. The van der Waals surface area contributed by atoms with Crippen LogP contribution >= 0.6 is 0 Å². The Kier molecular flexibility index (Phi) is 5.35. The third-order valence-electron chi connectivity index (χ3n) is 1.67.